The van der Waals surface area contributed by atoms with E-state index >= 15 is 0 Å². The van der Waals surface area contributed by atoms with Gasteiger partial charge in [0.1, 0.15) is 6.07 Å². The molecule has 0 unspecified atom stereocenters. The van der Waals surface area contributed by atoms with Gasteiger partial charge in [0.05, 0.1) is 24.3 Å². The average Bonchev–Trinajstić information content (AvgIpc) is 2.79. The van der Waals surface area contributed by atoms with Crippen molar-refractivity contribution < 1.29 is 0 Å². The van der Waals surface area contributed by atoms with Gasteiger partial charge in [-0.25, -0.2) is 9.97 Å². The lowest BCUT2D eigenvalue weighted by molar-refractivity contribution is 1.06. The van der Waals surface area contributed by atoms with E-state index < -0.39 is 0 Å². The molecule has 5 nitrogen and oxygen atoms in total. The predicted molar refractivity (Wildman–Crippen MR) is 54.9 cm³/mol. The first-order chi connectivity index (χ1) is 7.40. The summed E-state index contributed by atoms with van der Waals surface area (Å²) in [7, 11) is 0. The van der Waals surface area contributed by atoms with Gasteiger partial charge in [-0.15, -0.1) is 0 Å². The Hall–Kier alpha value is -2.35. The fourth-order valence-corrected chi connectivity index (χ4v) is 1.21. The standard InChI is InChI=1S/C10H9N5/c11-4-10-9(2-1-3-13-10)14-6-8-5-12-7-15-8/h1-3,5,7,14H,6H2,(H,12,15). The van der Waals surface area contributed by atoms with Gasteiger partial charge in [-0.1, -0.05) is 0 Å². The zero-order valence-electron chi connectivity index (χ0n) is 7.94. The number of anilines is 1. The zero-order valence-corrected chi connectivity index (χ0v) is 7.94. The van der Waals surface area contributed by atoms with Crippen LogP contribution in [0, 0.1) is 11.3 Å². The van der Waals surface area contributed by atoms with Crippen LogP contribution in [0.3, 0.4) is 0 Å². The van der Waals surface area contributed by atoms with Crippen molar-refractivity contribution in [1.82, 2.24) is 15.0 Å². The number of pyridine rings is 1. The van der Waals surface area contributed by atoms with E-state index in [2.05, 4.69) is 20.3 Å². The molecule has 74 valence electrons. The van der Waals surface area contributed by atoms with Gasteiger partial charge in [0.15, 0.2) is 5.69 Å². The highest BCUT2D eigenvalue weighted by Gasteiger charge is 2.01. The molecule has 0 fully saturated rings. The first-order valence-electron chi connectivity index (χ1n) is 4.46. The molecule has 0 bridgehead atoms. The first-order valence-corrected chi connectivity index (χ1v) is 4.46. The lowest BCUT2D eigenvalue weighted by atomic mass is 10.3. The summed E-state index contributed by atoms with van der Waals surface area (Å²) in [6, 6.07) is 5.64. The van der Waals surface area contributed by atoms with Gasteiger partial charge in [-0.05, 0) is 12.1 Å². The number of nitrogens with zero attached hydrogens (tertiary/aromatic N) is 3. The van der Waals surface area contributed by atoms with Crippen molar-refractivity contribution >= 4 is 5.69 Å². The van der Waals surface area contributed by atoms with Crippen LogP contribution in [-0.2, 0) is 6.54 Å². The largest absolute Gasteiger partial charge is 0.377 e. The number of imidazole rings is 1. The predicted octanol–water partition coefficient (Wildman–Crippen LogP) is 1.29. The highest BCUT2D eigenvalue weighted by molar-refractivity contribution is 5.53. The molecule has 0 saturated carbocycles. The van der Waals surface area contributed by atoms with Crippen LogP contribution in [0.5, 0.6) is 0 Å². The molecule has 0 aliphatic rings. The summed E-state index contributed by atoms with van der Waals surface area (Å²) in [6.07, 6.45) is 4.95. The maximum atomic E-state index is 8.80. The minimum Gasteiger partial charge on any atom is -0.377 e. The molecule has 0 saturated heterocycles. The first kappa shape index (κ1) is 9.21. The molecular formula is C10H9N5. The molecule has 2 heterocycles. The van der Waals surface area contributed by atoms with E-state index in [-0.39, 0.29) is 0 Å². The van der Waals surface area contributed by atoms with Crippen LogP contribution in [0.25, 0.3) is 0 Å². The third-order valence-corrected chi connectivity index (χ3v) is 1.94. The Bertz CT molecular complexity index is 469. The van der Waals surface area contributed by atoms with E-state index in [9.17, 15) is 0 Å². The number of aromatic nitrogens is 3. The number of nitriles is 1. The second-order valence-corrected chi connectivity index (χ2v) is 2.94. The van der Waals surface area contributed by atoms with Crippen molar-refractivity contribution in [3.05, 3.63) is 42.2 Å². The van der Waals surface area contributed by atoms with Crippen molar-refractivity contribution in [3.8, 4) is 6.07 Å². The second kappa shape index (κ2) is 4.24. The summed E-state index contributed by atoms with van der Waals surface area (Å²) in [5, 5.41) is 11.9. The van der Waals surface area contributed by atoms with Crippen LogP contribution in [0.4, 0.5) is 5.69 Å². The highest BCUT2D eigenvalue weighted by Crippen LogP contribution is 2.11. The van der Waals surface area contributed by atoms with Gasteiger partial charge < -0.3 is 10.3 Å². The smallest absolute Gasteiger partial charge is 0.163 e. The topological polar surface area (TPSA) is 77.4 Å². The zero-order chi connectivity index (χ0) is 10.5. The van der Waals surface area contributed by atoms with E-state index in [1.165, 1.54) is 0 Å². The van der Waals surface area contributed by atoms with Crippen molar-refractivity contribution in [2.24, 2.45) is 0 Å². The Morgan fingerprint density at radius 1 is 1.53 bits per heavy atom. The van der Waals surface area contributed by atoms with Gasteiger partial charge >= 0.3 is 0 Å². The normalized spacial score (nSPS) is 9.53. The van der Waals surface area contributed by atoms with Crippen molar-refractivity contribution in [1.29, 1.82) is 5.26 Å². The van der Waals surface area contributed by atoms with Gasteiger partial charge in [-0.2, -0.15) is 5.26 Å². The van der Waals surface area contributed by atoms with E-state index in [1.54, 1.807) is 24.8 Å². The molecule has 2 aromatic heterocycles. The SMILES string of the molecule is N#Cc1ncccc1NCc1cnc[nH]1. The summed E-state index contributed by atoms with van der Waals surface area (Å²) in [5.41, 5.74) is 2.09. The second-order valence-electron chi connectivity index (χ2n) is 2.94. The molecular weight excluding hydrogens is 190 g/mol. The van der Waals surface area contributed by atoms with E-state index in [0.29, 0.717) is 12.2 Å². The van der Waals surface area contributed by atoms with Crippen LogP contribution in [-0.4, -0.2) is 15.0 Å². The molecule has 0 aromatic carbocycles. The highest BCUT2D eigenvalue weighted by atomic mass is 14.9. The minimum absolute atomic E-state index is 0.400. The van der Waals surface area contributed by atoms with Crippen molar-refractivity contribution in [2.45, 2.75) is 6.54 Å². The van der Waals surface area contributed by atoms with Crippen LogP contribution >= 0.6 is 0 Å². The Balaban J connectivity index is 2.08. The van der Waals surface area contributed by atoms with E-state index in [0.717, 1.165) is 11.4 Å². The molecule has 5 heteroatoms. The molecule has 2 N–H and O–H groups in total. The quantitative estimate of drug-likeness (QED) is 0.780. The fourth-order valence-electron chi connectivity index (χ4n) is 1.21. The number of rotatable bonds is 3. The Labute approximate surface area is 86.8 Å². The number of aromatic amines is 1. The molecule has 15 heavy (non-hydrogen) atoms. The van der Waals surface area contributed by atoms with E-state index in [1.807, 2.05) is 12.1 Å². The van der Waals surface area contributed by atoms with Crippen LogP contribution < -0.4 is 5.32 Å². The van der Waals surface area contributed by atoms with Crippen LogP contribution in [0.1, 0.15) is 11.4 Å². The number of hydrogen-bond donors (Lipinski definition) is 2. The summed E-state index contributed by atoms with van der Waals surface area (Å²) in [5.74, 6) is 0. The van der Waals surface area contributed by atoms with Crippen LogP contribution in [0.15, 0.2) is 30.9 Å². The van der Waals surface area contributed by atoms with Gasteiger partial charge in [0.2, 0.25) is 0 Å². The van der Waals surface area contributed by atoms with E-state index in [4.69, 9.17) is 5.26 Å². The van der Waals surface area contributed by atoms with Crippen molar-refractivity contribution in [3.63, 3.8) is 0 Å². The van der Waals surface area contributed by atoms with Crippen LogP contribution in [0.2, 0.25) is 0 Å². The Morgan fingerprint density at radius 2 is 2.47 bits per heavy atom. The lowest BCUT2D eigenvalue weighted by Crippen LogP contribution is -2.02. The summed E-state index contributed by atoms with van der Waals surface area (Å²) in [4.78, 5) is 10.8. The summed E-state index contributed by atoms with van der Waals surface area (Å²) in [6.45, 7) is 0.598. The molecule has 0 amide bonds. The third-order valence-electron chi connectivity index (χ3n) is 1.94. The summed E-state index contributed by atoms with van der Waals surface area (Å²) < 4.78 is 0. The Morgan fingerprint density at radius 3 is 3.20 bits per heavy atom. The molecule has 0 aliphatic carbocycles. The Kier molecular flexibility index (Phi) is 2.61. The van der Waals surface area contributed by atoms with Gasteiger partial charge in [0, 0.05) is 12.4 Å². The fraction of sp³-hybridized carbons (Fsp3) is 0.100. The molecule has 0 atom stereocenters. The van der Waals surface area contributed by atoms with Gasteiger partial charge in [-0.3, -0.25) is 0 Å². The minimum atomic E-state index is 0.400. The third kappa shape index (κ3) is 2.11. The van der Waals surface area contributed by atoms with Gasteiger partial charge in [0.25, 0.3) is 0 Å². The number of nitrogens with one attached hydrogen (secondary N) is 2. The monoisotopic (exact) mass is 199 g/mol. The van der Waals surface area contributed by atoms with Crippen molar-refractivity contribution in [2.75, 3.05) is 5.32 Å². The molecule has 2 rings (SSSR count). The molecule has 0 aliphatic heterocycles. The number of hydrogen-bond acceptors (Lipinski definition) is 4. The number of H-pyrrole nitrogens is 1. The molecule has 0 spiro atoms. The maximum absolute atomic E-state index is 8.80. The molecule has 2 aromatic rings. The average molecular weight is 199 g/mol. The summed E-state index contributed by atoms with van der Waals surface area (Å²) >= 11 is 0. The molecule has 0 radical (unpaired) electrons. The lowest BCUT2D eigenvalue weighted by Gasteiger charge is -2.04. The maximum Gasteiger partial charge on any atom is 0.163 e.